The molecule has 2 heterocycles. The minimum Gasteiger partial charge on any atom is -0.333 e. The molecule has 0 radical (unpaired) electrons. The van der Waals surface area contributed by atoms with Gasteiger partial charge in [0.1, 0.15) is 0 Å². The Kier molecular flexibility index (Phi) is 3.68. The molecule has 1 aromatic rings. The maximum absolute atomic E-state index is 12.6. The van der Waals surface area contributed by atoms with E-state index in [1.807, 2.05) is 23.1 Å². The van der Waals surface area contributed by atoms with E-state index in [0.29, 0.717) is 6.54 Å². The van der Waals surface area contributed by atoms with Crippen molar-refractivity contribution >= 4 is 17.5 Å². The molecule has 5 heteroatoms. The van der Waals surface area contributed by atoms with E-state index >= 15 is 0 Å². The molecule has 0 spiro atoms. The van der Waals surface area contributed by atoms with Crippen LogP contribution in [0.4, 0.5) is 5.69 Å². The van der Waals surface area contributed by atoms with Gasteiger partial charge in [-0.25, -0.2) is 0 Å². The summed E-state index contributed by atoms with van der Waals surface area (Å²) in [5, 5.41) is 3.29. The maximum atomic E-state index is 12.6. The van der Waals surface area contributed by atoms with E-state index in [-0.39, 0.29) is 17.9 Å². The molecule has 0 aliphatic carbocycles. The highest BCUT2D eigenvalue weighted by Crippen LogP contribution is 2.29. The normalized spacial score (nSPS) is 21.3. The van der Waals surface area contributed by atoms with Crippen LogP contribution in [0.5, 0.6) is 0 Å². The van der Waals surface area contributed by atoms with E-state index in [2.05, 4.69) is 12.2 Å². The van der Waals surface area contributed by atoms with E-state index in [0.717, 1.165) is 42.9 Å². The smallest absolute Gasteiger partial charge is 0.254 e. The monoisotopic (exact) mass is 287 g/mol. The Morgan fingerprint density at radius 1 is 1.29 bits per heavy atom. The molecule has 0 saturated carbocycles. The zero-order valence-electron chi connectivity index (χ0n) is 12.6. The number of hydrogen-bond acceptors (Lipinski definition) is 3. The van der Waals surface area contributed by atoms with Crippen LogP contribution in [0, 0.1) is 0 Å². The maximum Gasteiger partial charge on any atom is 0.254 e. The van der Waals surface area contributed by atoms with Gasteiger partial charge in [0.15, 0.2) is 0 Å². The summed E-state index contributed by atoms with van der Waals surface area (Å²) < 4.78 is 0. The second-order valence-corrected chi connectivity index (χ2v) is 5.82. The molecule has 1 fully saturated rings. The number of piperazine rings is 1. The highest BCUT2D eigenvalue weighted by molar-refractivity contribution is 5.98. The third-order valence-electron chi connectivity index (χ3n) is 4.36. The summed E-state index contributed by atoms with van der Waals surface area (Å²) in [4.78, 5) is 27.9. The van der Waals surface area contributed by atoms with Crippen LogP contribution < -0.4 is 10.2 Å². The van der Waals surface area contributed by atoms with Gasteiger partial charge in [-0.15, -0.1) is 0 Å². The summed E-state index contributed by atoms with van der Waals surface area (Å²) in [5.74, 6) is 0.150. The number of nitrogens with zero attached hydrogens (tertiary/aromatic N) is 2. The largest absolute Gasteiger partial charge is 0.333 e. The fourth-order valence-corrected chi connectivity index (χ4v) is 3.17. The Bertz CT molecular complexity index is 585. The van der Waals surface area contributed by atoms with Crippen molar-refractivity contribution in [2.24, 2.45) is 0 Å². The first-order valence-electron chi connectivity index (χ1n) is 7.50. The van der Waals surface area contributed by atoms with Crippen molar-refractivity contribution in [3.63, 3.8) is 0 Å². The molecule has 3 rings (SSSR count). The number of carbonyl (C=O) groups excluding carboxylic acids is 2. The predicted octanol–water partition coefficient (Wildman–Crippen LogP) is 1.03. The minimum atomic E-state index is 0.0588. The molecule has 0 unspecified atom stereocenters. The van der Waals surface area contributed by atoms with Gasteiger partial charge in [0, 0.05) is 50.4 Å². The van der Waals surface area contributed by atoms with Crippen LogP contribution in [0.1, 0.15) is 29.8 Å². The van der Waals surface area contributed by atoms with Crippen LogP contribution in [-0.2, 0) is 11.2 Å². The molecule has 112 valence electrons. The first kappa shape index (κ1) is 14.1. The summed E-state index contributed by atoms with van der Waals surface area (Å²) >= 11 is 0. The molecule has 1 saturated heterocycles. The molecular formula is C16H21N3O2. The van der Waals surface area contributed by atoms with Crippen molar-refractivity contribution in [3.8, 4) is 0 Å². The van der Waals surface area contributed by atoms with Gasteiger partial charge in [-0.1, -0.05) is 0 Å². The van der Waals surface area contributed by atoms with Gasteiger partial charge in [0.2, 0.25) is 5.91 Å². The zero-order valence-corrected chi connectivity index (χ0v) is 12.6. The van der Waals surface area contributed by atoms with E-state index < -0.39 is 0 Å². The zero-order chi connectivity index (χ0) is 15.0. The molecule has 2 amide bonds. The number of carbonyl (C=O) groups is 2. The first-order valence-corrected chi connectivity index (χ1v) is 7.50. The molecular weight excluding hydrogens is 266 g/mol. The van der Waals surface area contributed by atoms with Gasteiger partial charge in [0.05, 0.1) is 0 Å². The number of anilines is 1. The lowest BCUT2D eigenvalue weighted by atomic mass is 10.1. The summed E-state index contributed by atoms with van der Waals surface area (Å²) in [7, 11) is 0. The summed E-state index contributed by atoms with van der Waals surface area (Å²) in [6.07, 6.45) is 0.827. The van der Waals surface area contributed by atoms with Crippen LogP contribution in [0.2, 0.25) is 0 Å². The number of rotatable bonds is 1. The highest BCUT2D eigenvalue weighted by atomic mass is 16.2. The SMILES string of the molecule is CC(=O)N1CCc2cc(C(=O)N3CCNC[C@H]3C)ccc21. The van der Waals surface area contributed by atoms with Crippen molar-refractivity contribution in [1.29, 1.82) is 0 Å². The van der Waals surface area contributed by atoms with E-state index in [1.165, 1.54) is 0 Å². The quantitative estimate of drug-likeness (QED) is 0.839. The Hall–Kier alpha value is -1.88. The lowest BCUT2D eigenvalue weighted by Crippen LogP contribution is -2.52. The molecule has 0 aromatic heterocycles. The predicted molar refractivity (Wildman–Crippen MR) is 81.5 cm³/mol. The van der Waals surface area contributed by atoms with Gasteiger partial charge in [-0.3, -0.25) is 9.59 Å². The van der Waals surface area contributed by atoms with Gasteiger partial charge >= 0.3 is 0 Å². The fourth-order valence-electron chi connectivity index (χ4n) is 3.17. The van der Waals surface area contributed by atoms with Gasteiger partial charge in [-0.2, -0.15) is 0 Å². The molecule has 21 heavy (non-hydrogen) atoms. The highest BCUT2D eigenvalue weighted by Gasteiger charge is 2.27. The Morgan fingerprint density at radius 2 is 2.10 bits per heavy atom. The number of benzene rings is 1. The van der Waals surface area contributed by atoms with Crippen LogP contribution in [-0.4, -0.2) is 48.9 Å². The minimum absolute atomic E-state index is 0.0588. The molecule has 0 bridgehead atoms. The molecule has 1 aromatic carbocycles. The van der Waals surface area contributed by atoms with Crippen molar-refractivity contribution < 1.29 is 9.59 Å². The third-order valence-corrected chi connectivity index (χ3v) is 4.36. The van der Waals surface area contributed by atoms with Crippen LogP contribution >= 0.6 is 0 Å². The molecule has 2 aliphatic heterocycles. The van der Waals surface area contributed by atoms with E-state index in [9.17, 15) is 9.59 Å². The average Bonchev–Trinajstić information content (AvgIpc) is 2.90. The van der Waals surface area contributed by atoms with Gasteiger partial charge in [0.25, 0.3) is 5.91 Å². The van der Waals surface area contributed by atoms with Crippen molar-refractivity contribution in [1.82, 2.24) is 10.2 Å². The van der Waals surface area contributed by atoms with Crippen molar-refractivity contribution in [3.05, 3.63) is 29.3 Å². The third kappa shape index (κ3) is 2.53. The molecule has 5 nitrogen and oxygen atoms in total. The lowest BCUT2D eigenvalue weighted by Gasteiger charge is -2.34. The fraction of sp³-hybridized carbons (Fsp3) is 0.500. The number of fused-ring (bicyclic) bond motifs is 1. The number of hydrogen-bond donors (Lipinski definition) is 1. The first-order chi connectivity index (χ1) is 10.1. The summed E-state index contributed by atoms with van der Waals surface area (Å²) in [6.45, 7) is 6.79. The van der Waals surface area contributed by atoms with Crippen LogP contribution in [0.15, 0.2) is 18.2 Å². The summed E-state index contributed by atoms with van der Waals surface area (Å²) in [5.41, 5.74) is 2.78. The van der Waals surface area contributed by atoms with Crippen LogP contribution in [0.25, 0.3) is 0 Å². The van der Waals surface area contributed by atoms with E-state index in [4.69, 9.17) is 0 Å². The second-order valence-electron chi connectivity index (χ2n) is 5.82. The lowest BCUT2D eigenvalue weighted by molar-refractivity contribution is -0.116. The Labute approximate surface area is 124 Å². The number of nitrogens with one attached hydrogen (secondary N) is 1. The van der Waals surface area contributed by atoms with Crippen molar-refractivity contribution in [2.45, 2.75) is 26.3 Å². The van der Waals surface area contributed by atoms with E-state index in [1.54, 1.807) is 11.8 Å². The molecule has 1 atom stereocenters. The topological polar surface area (TPSA) is 52.7 Å². The summed E-state index contributed by atoms with van der Waals surface area (Å²) in [6, 6.07) is 5.92. The van der Waals surface area contributed by atoms with Gasteiger partial charge < -0.3 is 15.1 Å². The number of amides is 2. The molecule has 2 aliphatic rings. The Balaban J connectivity index is 1.84. The standard InChI is InChI=1S/C16H21N3O2/c1-11-10-17-6-8-18(11)16(21)14-3-4-15-13(9-14)5-7-19(15)12(2)20/h3-4,9,11,17H,5-8,10H2,1-2H3/t11-/m1/s1. The van der Waals surface area contributed by atoms with Crippen molar-refractivity contribution in [2.75, 3.05) is 31.1 Å². The average molecular weight is 287 g/mol. The van der Waals surface area contributed by atoms with Crippen LogP contribution in [0.3, 0.4) is 0 Å². The molecule has 1 N–H and O–H groups in total. The second kappa shape index (κ2) is 5.48. The van der Waals surface area contributed by atoms with Gasteiger partial charge in [-0.05, 0) is 37.1 Å². The Morgan fingerprint density at radius 3 is 2.81 bits per heavy atom.